The summed E-state index contributed by atoms with van der Waals surface area (Å²) < 4.78 is 14.7. The van der Waals surface area contributed by atoms with E-state index in [0.717, 1.165) is 15.6 Å². The minimum Gasteiger partial charge on any atom is -0.490 e. The van der Waals surface area contributed by atoms with Gasteiger partial charge in [-0.15, -0.1) is 0 Å². The summed E-state index contributed by atoms with van der Waals surface area (Å²) in [6.45, 7) is 3.24. The van der Waals surface area contributed by atoms with Crippen LogP contribution < -0.4 is 14.9 Å². The predicted octanol–water partition coefficient (Wildman–Crippen LogP) is 5.73. The highest BCUT2D eigenvalue weighted by molar-refractivity contribution is 9.10. The fourth-order valence-corrected chi connectivity index (χ4v) is 3.51. The summed E-state index contributed by atoms with van der Waals surface area (Å²) in [5.41, 5.74) is 4.98. The summed E-state index contributed by atoms with van der Waals surface area (Å²) in [6.07, 6.45) is 1.58. The molecule has 0 saturated carbocycles. The van der Waals surface area contributed by atoms with Gasteiger partial charge in [-0.05, 0) is 49.0 Å². The van der Waals surface area contributed by atoms with Crippen molar-refractivity contribution in [1.82, 2.24) is 14.9 Å². The first kappa shape index (κ1) is 21.0. The van der Waals surface area contributed by atoms with Crippen molar-refractivity contribution >= 4 is 51.3 Å². The lowest BCUT2D eigenvalue weighted by molar-refractivity contribution is 0.269. The molecule has 0 amide bonds. The molecule has 0 fully saturated rings. The molecule has 0 aliphatic carbocycles. The molecule has 10 heteroatoms. The highest BCUT2D eigenvalue weighted by Crippen LogP contribution is 2.35. The molecule has 0 unspecified atom stereocenters. The van der Waals surface area contributed by atoms with Crippen LogP contribution in [0, 0.1) is 4.77 Å². The fraction of sp³-hybridized carbons (Fsp3) is 0.222. The maximum Gasteiger partial charge on any atom is 0.214 e. The van der Waals surface area contributed by atoms with Gasteiger partial charge in [0.25, 0.3) is 0 Å². The summed E-state index contributed by atoms with van der Waals surface area (Å²) >= 11 is 20.9. The number of ether oxygens (including phenoxy) is 2. The van der Waals surface area contributed by atoms with Gasteiger partial charge in [-0.25, -0.2) is 4.68 Å². The zero-order valence-electron chi connectivity index (χ0n) is 14.8. The van der Waals surface area contributed by atoms with Crippen LogP contribution in [-0.4, -0.2) is 21.5 Å². The van der Waals surface area contributed by atoms with Gasteiger partial charge in [0.2, 0.25) is 4.77 Å². The first-order valence-electron chi connectivity index (χ1n) is 8.35. The van der Waals surface area contributed by atoms with Crippen molar-refractivity contribution in [2.75, 3.05) is 12.0 Å². The molecule has 2 aromatic carbocycles. The quantitative estimate of drug-likeness (QED) is 0.384. The minimum atomic E-state index is 0.296. The van der Waals surface area contributed by atoms with E-state index in [-0.39, 0.29) is 0 Å². The minimum absolute atomic E-state index is 0.296. The van der Waals surface area contributed by atoms with E-state index < -0.39 is 0 Å². The number of benzene rings is 2. The molecule has 0 radical (unpaired) electrons. The van der Waals surface area contributed by atoms with E-state index in [4.69, 9.17) is 44.9 Å². The molecule has 0 saturated heterocycles. The van der Waals surface area contributed by atoms with Gasteiger partial charge < -0.3 is 14.9 Å². The van der Waals surface area contributed by atoms with Crippen molar-refractivity contribution in [3.63, 3.8) is 0 Å². The van der Waals surface area contributed by atoms with Crippen molar-refractivity contribution in [2.45, 2.75) is 20.1 Å². The number of nitrogens with zero attached hydrogens (tertiary/aromatic N) is 2. The number of nitrogens with one attached hydrogen (secondary N) is 2. The SMILES string of the molecule is CCOc1cc(CNn2cn[nH]c2=S)c(Br)cc1OCc1ccc(Cl)cc1Cl. The summed E-state index contributed by atoms with van der Waals surface area (Å²) in [5, 5.41) is 7.71. The summed E-state index contributed by atoms with van der Waals surface area (Å²) in [6, 6.07) is 9.11. The molecule has 0 spiro atoms. The smallest absolute Gasteiger partial charge is 0.214 e. The van der Waals surface area contributed by atoms with Crippen molar-refractivity contribution in [1.29, 1.82) is 0 Å². The third-order valence-corrected chi connectivity index (χ3v) is 5.42. The highest BCUT2D eigenvalue weighted by atomic mass is 79.9. The molecule has 3 aromatic rings. The number of halogens is 3. The van der Waals surface area contributed by atoms with E-state index in [1.54, 1.807) is 23.1 Å². The van der Waals surface area contributed by atoms with Crippen molar-refractivity contribution in [3.8, 4) is 11.5 Å². The second-order valence-electron chi connectivity index (χ2n) is 5.71. The van der Waals surface area contributed by atoms with Crippen LogP contribution in [0.2, 0.25) is 10.0 Å². The molecule has 28 heavy (non-hydrogen) atoms. The van der Waals surface area contributed by atoms with Crippen LogP contribution in [0.4, 0.5) is 0 Å². The molecular formula is C18H17BrCl2N4O2S. The second kappa shape index (κ2) is 9.65. The van der Waals surface area contributed by atoms with Crippen LogP contribution in [0.25, 0.3) is 0 Å². The average Bonchev–Trinajstić information content (AvgIpc) is 3.06. The normalized spacial score (nSPS) is 10.7. The van der Waals surface area contributed by atoms with Crippen LogP contribution in [0.5, 0.6) is 11.5 Å². The van der Waals surface area contributed by atoms with Gasteiger partial charge in [-0.2, -0.15) is 5.10 Å². The van der Waals surface area contributed by atoms with Crippen molar-refractivity contribution in [3.05, 3.63) is 67.1 Å². The van der Waals surface area contributed by atoms with E-state index in [1.807, 2.05) is 25.1 Å². The average molecular weight is 504 g/mol. The summed E-state index contributed by atoms with van der Waals surface area (Å²) in [4.78, 5) is 0. The molecular weight excluding hydrogens is 487 g/mol. The molecule has 0 aliphatic heterocycles. The Morgan fingerprint density at radius 3 is 2.64 bits per heavy atom. The highest BCUT2D eigenvalue weighted by Gasteiger charge is 2.12. The lowest BCUT2D eigenvalue weighted by atomic mass is 10.2. The molecule has 148 valence electrons. The van der Waals surface area contributed by atoms with Gasteiger partial charge in [0.05, 0.1) is 13.2 Å². The molecule has 3 rings (SSSR count). The zero-order valence-corrected chi connectivity index (χ0v) is 18.8. The molecule has 2 N–H and O–H groups in total. The van der Waals surface area contributed by atoms with Crippen LogP contribution in [-0.2, 0) is 13.2 Å². The van der Waals surface area contributed by atoms with Gasteiger partial charge in [-0.3, -0.25) is 5.10 Å². The van der Waals surface area contributed by atoms with Gasteiger partial charge >= 0.3 is 0 Å². The van der Waals surface area contributed by atoms with Crippen LogP contribution in [0.1, 0.15) is 18.1 Å². The van der Waals surface area contributed by atoms with Gasteiger partial charge in [0.1, 0.15) is 12.9 Å². The molecule has 0 atom stereocenters. The third kappa shape index (κ3) is 5.20. The monoisotopic (exact) mass is 502 g/mol. The van der Waals surface area contributed by atoms with Gasteiger partial charge in [0.15, 0.2) is 11.5 Å². The van der Waals surface area contributed by atoms with E-state index >= 15 is 0 Å². The van der Waals surface area contributed by atoms with Gasteiger partial charge in [-0.1, -0.05) is 45.2 Å². The molecule has 0 aliphatic rings. The Morgan fingerprint density at radius 1 is 1.18 bits per heavy atom. The van der Waals surface area contributed by atoms with Crippen molar-refractivity contribution < 1.29 is 9.47 Å². The topological polar surface area (TPSA) is 64.1 Å². The fourth-order valence-electron chi connectivity index (χ4n) is 2.42. The lowest BCUT2D eigenvalue weighted by Gasteiger charge is -2.16. The molecule has 0 bridgehead atoms. The van der Waals surface area contributed by atoms with E-state index in [1.165, 1.54) is 0 Å². The first-order chi connectivity index (χ1) is 13.5. The zero-order chi connectivity index (χ0) is 20.1. The molecule has 6 nitrogen and oxygen atoms in total. The van der Waals surface area contributed by atoms with Crippen LogP contribution >= 0.6 is 51.3 Å². The Kier molecular flexibility index (Phi) is 7.23. The molecule has 1 heterocycles. The number of hydrogen-bond acceptors (Lipinski definition) is 5. The predicted molar refractivity (Wildman–Crippen MR) is 117 cm³/mol. The molecule has 1 aromatic heterocycles. The maximum atomic E-state index is 6.22. The Balaban J connectivity index is 1.77. The Hall–Kier alpha value is -1.74. The largest absolute Gasteiger partial charge is 0.490 e. The third-order valence-electron chi connectivity index (χ3n) is 3.80. The van der Waals surface area contributed by atoms with E-state index in [2.05, 4.69) is 31.6 Å². The maximum absolute atomic E-state index is 6.22. The standard InChI is InChI=1S/C18H17BrCl2N4O2S/c1-2-26-16-5-12(8-23-25-10-22-24-18(25)28)14(19)7-17(16)27-9-11-3-4-13(20)6-15(11)21/h3-7,10,23H,2,8-9H2,1H3,(H,24,28). The Morgan fingerprint density at radius 2 is 1.96 bits per heavy atom. The number of aromatic nitrogens is 3. The van der Waals surface area contributed by atoms with E-state index in [9.17, 15) is 0 Å². The summed E-state index contributed by atoms with van der Waals surface area (Å²) in [7, 11) is 0. The second-order valence-corrected chi connectivity index (χ2v) is 7.80. The number of H-pyrrole nitrogens is 1. The van der Waals surface area contributed by atoms with E-state index in [0.29, 0.717) is 46.1 Å². The number of rotatable bonds is 8. The van der Waals surface area contributed by atoms with Crippen molar-refractivity contribution in [2.24, 2.45) is 0 Å². The van der Waals surface area contributed by atoms with Crippen LogP contribution in [0.15, 0.2) is 41.1 Å². The number of aromatic amines is 1. The number of hydrogen-bond donors (Lipinski definition) is 2. The first-order valence-corrected chi connectivity index (χ1v) is 10.3. The summed E-state index contributed by atoms with van der Waals surface area (Å²) in [5.74, 6) is 1.26. The van der Waals surface area contributed by atoms with Crippen LogP contribution in [0.3, 0.4) is 0 Å². The lowest BCUT2D eigenvalue weighted by Crippen LogP contribution is -2.14. The Labute approximate surface area is 185 Å². The van der Waals surface area contributed by atoms with Gasteiger partial charge in [0, 0.05) is 20.1 Å². The Bertz CT molecular complexity index is 1030.